The number of carbonyl (C=O) groups excluding carboxylic acids is 1. The largest absolute Gasteiger partial charge is 0.455 e. The van der Waals surface area contributed by atoms with E-state index < -0.39 is 10.8 Å². The highest BCUT2D eigenvalue weighted by molar-refractivity contribution is 7.84. The van der Waals surface area contributed by atoms with Crippen LogP contribution in [0, 0.1) is 5.82 Å². The maximum atomic E-state index is 12.9. The Hall–Kier alpha value is -2.44. The van der Waals surface area contributed by atoms with Gasteiger partial charge in [0.15, 0.2) is 5.76 Å². The maximum absolute atomic E-state index is 12.9. The van der Waals surface area contributed by atoms with E-state index in [1.807, 2.05) is 6.07 Å². The van der Waals surface area contributed by atoms with Crippen LogP contribution in [0.3, 0.4) is 0 Å². The third kappa shape index (κ3) is 4.80. The molecule has 134 valence electrons. The van der Waals surface area contributed by atoms with Crippen molar-refractivity contribution in [3.8, 4) is 0 Å². The van der Waals surface area contributed by atoms with Crippen LogP contribution in [-0.2, 0) is 23.1 Å². The van der Waals surface area contributed by atoms with Gasteiger partial charge in [0.1, 0.15) is 11.6 Å². The van der Waals surface area contributed by atoms with Crippen LogP contribution in [0.4, 0.5) is 4.39 Å². The number of amides is 1. The molecule has 1 unspecified atom stereocenters. The molecule has 26 heavy (non-hydrogen) atoms. The molecule has 1 amide bonds. The maximum Gasteiger partial charge on any atom is 0.287 e. The van der Waals surface area contributed by atoms with Gasteiger partial charge in [0.2, 0.25) is 0 Å². The summed E-state index contributed by atoms with van der Waals surface area (Å²) in [6, 6.07) is 15.8. The summed E-state index contributed by atoms with van der Waals surface area (Å²) in [7, 11) is -1.39. The van der Waals surface area contributed by atoms with Gasteiger partial charge in [-0.3, -0.25) is 9.00 Å². The molecule has 0 aliphatic rings. The fourth-order valence-electron chi connectivity index (χ4n) is 2.29. The lowest BCUT2D eigenvalue weighted by molar-refractivity contribution is 0.0921. The molecule has 3 rings (SSSR count). The predicted molar refractivity (Wildman–Crippen MR) is 97.8 cm³/mol. The van der Waals surface area contributed by atoms with Crippen LogP contribution in [0.2, 0.25) is 5.02 Å². The standard InChI is InChI=1S/C19H15ClFNO3S/c20-14-3-1-2-13(10-14)11-22-19(23)18-9-6-16(25-18)12-26(24)17-7-4-15(21)5-8-17/h1-10H,11-12H2,(H,22,23). The van der Waals surface area contributed by atoms with Gasteiger partial charge in [0, 0.05) is 16.5 Å². The van der Waals surface area contributed by atoms with Gasteiger partial charge in [-0.25, -0.2) is 4.39 Å². The Labute approximate surface area is 157 Å². The van der Waals surface area contributed by atoms with E-state index >= 15 is 0 Å². The van der Waals surface area contributed by atoms with Crippen LogP contribution in [0.15, 0.2) is 70.0 Å². The molecule has 0 radical (unpaired) electrons. The molecule has 1 atom stereocenters. The summed E-state index contributed by atoms with van der Waals surface area (Å²) in [5.74, 6) is -0.0994. The molecule has 7 heteroatoms. The first-order chi connectivity index (χ1) is 12.5. The van der Waals surface area contributed by atoms with Crippen molar-refractivity contribution in [1.82, 2.24) is 5.32 Å². The van der Waals surface area contributed by atoms with E-state index in [4.69, 9.17) is 16.0 Å². The average molecular weight is 392 g/mol. The second kappa shape index (κ2) is 8.29. The zero-order chi connectivity index (χ0) is 18.5. The minimum absolute atomic E-state index is 0.104. The van der Waals surface area contributed by atoms with Gasteiger partial charge in [-0.2, -0.15) is 0 Å². The van der Waals surface area contributed by atoms with E-state index in [1.54, 1.807) is 24.3 Å². The summed E-state index contributed by atoms with van der Waals surface area (Å²) in [6.07, 6.45) is 0. The van der Waals surface area contributed by atoms with Gasteiger partial charge in [-0.15, -0.1) is 0 Å². The number of nitrogens with one attached hydrogen (secondary N) is 1. The van der Waals surface area contributed by atoms with E-state index in [2.05, 4.69) is 5.32 Å². The van der Waals surface area contributed by atoms with Crippen LogP contribution in [0.1, 0.15) is 21.9 Å². The summed E-state index contributed by atoms with van der Waals surface area (Å²) in [5.41, 5.74) is 0.870. The van der Waals surface area contributed by atoms with Crippen molar-refractivity contribution in [2.45, 2.75) is 17.2 Å². The first-order valence-electron chi connectivity index (χ1n) is 7.76. The van der Waals surface area contributed by atoms with Gasteiger partial charge in [-0.1, -0.05) is 23.7 Å². The normalized spacial score (nSPS) is 11.9. The summed E-state index contributed by atoms with van der Waals surface area (Å²) in [6.45, 7) is 0.316. The average Bonchev–Trinajstić information content (AvgIpc) is 3.09. The minimum Gasteiger partial charge on any atom is -0.455 e. The summed E-state index contributed by atoms with van der Waals surface area (Å²) in [4.78, 5) is 12.6. The van der Waals surface area contributed by atoms with E-state index in [0.717, 1.165) is 5.56 Å². The molecule has 0 bridgehead atoms. The lowest BCUT2D eigenvalue weighted by atomic mass is 10.2. The molecule has 0 aliphatic heterocycles. The molecule has 0 fully saturated rings. The van der Waals surface area contributed by atoms with Crippen molar-refractivity contribution in [2.75, 3.05) is 0 Å². The van der Waals surface area contributed by atoms with Gasteiger partial charge < -0.3 is 9.73 Å². The zero-order valence-corrected chi connectivity index (χ0v) is 15.1. The van der Waals surface area contributed by atoms with Gasteiger partial charge in [-0.05, 0) is 54.1 Å². The minimum atomic E-state index is -1.39. The highest BCUT2D eigenvalue weighted by Gasteiger charge is 2.13. The Bertz CT molecular complexity index is 940. The van der Waals surface area contributed by atoms with E-state index in [0.29, 0.717) is 22.2 Å². The Balaban J connectivity index is 1.59. The molecule has 1 N–H and O–H groups in total. The number of furan rings is 1. The molecule has 0 saturated heterocycles. The molecular formula is C19H15ClFNO3S. The lowest BCUT2D eigenvalue weighted by Crippen LogP contribution is -2.22. The third-order valence-corrected chi connectivity index (χ3v) is 5.16. The summed E-state index contributed by atoms with van der Waals surface area (Å²) < 4.78 is 30.6. The van der Waals surface area contributed by atoms with E-state index in [9.17, 15) is 13.4 Å². The highest BCUT2D eigenvalue weighted by atomic mass is 35.5. The van der Waals surface area contributed by atoms with Gasteiger partial charge >= 0.3 is 0 Å². The van der Waals surface area contributed by atoms with E-state index in [-0.39, 0.29) is 23.2 Å². The van der Waals surface area contributed by atoms with Crippen LogP contribution in [-0.4, -0.2) is 10.1 Å². The third-order valence-electron chi connectivity index (χ3n) is 3.58. The number of rotatable bonds is 6. The van der Waals surface area contributed by atoms with Crippen molar-refractivity contribution in [3.63, 3.8) is 0 Å². The summed E-state index contributed by atoms with van der Waals surface area (Å²) in [5, 5.41) is 3.34. The molecule has 1 aromatic heterocycles. The van der Waals surface area contributed by atoms with Crippen molar-refractivity contribution < 1.29 is 17.8 Å². The topological polar surface area (TPSA) is 59.3 Å². The molecule has 1 heterocycles. The smallest absolute Gasteiger partial charge is 0.287 e. The zero-order valence-electron chi connectivity index (χ0n) is 13.6. The van der Waals surface area contributed by atoms with Crippen LogP contribution in [0.5, 0.6) is 0 Å². The van der Waals surface area contributed by atoms with Crippen LogP contribution < -0.4 is 5.32 Å². The van der Waals surface area contributed by atoms with Crippen LogP contribution >= 0.6 is 11.6 Å². The molecule has 0 aliphatic carbocycles. The second-order valence-corrected chi connectivity index (χ2v) is 7.41. The SMILES string of the molecule is O=C(NCc1cccc(Cl)c1)c1ccc(CS(=O)c2ccc(F)cc2)o1. The predicted octanol–water partition coefficient (Wildman–Crippen LogP) is 4.31. The fraction of sp³-hybridized carbons (Fsp3) is 0.105. The van der Waals surface area contributed by atoms with Crippen molar-refractivity contribution in [1.29, 1.82) is 0 Å². The van der Waals surface area contributed by atoms with Crippen molar-refractivity contribution in [2.24, 2.45) is 0 Å². The molecular weight excluding hydrogens is 377 g/mol. The monoisotopic (exact) mass is 391 g/mol. The molecule has 4 nitrogen and oxygen atoms in total. The number of carbonyl (C=O) groups is 1. The van der Waals surface area contributed by atoms with Gasteiger partial charge in [0.25, 0.3) is 5.91 Å². The fourth-order valence-corrected chi connectivity index (χ4v) is 3.53. The number of benzene rings is 2. The first-order valence-corrected chi connectivity index (χ1v) is 9.46. The summed E-state index contributed by atoms with van der Waals surface area (Å²) >= 11 is 5.91. The van der Waals surface area contributed by atoms with Crippen molar-refractivity contribution >= 4 is 28.3 Å². The molecule has 0 saturated carbocycles. The molecule has 2 aromatic carbocycles. The Morgan fingerprint density at radius 2 is 1.88 bits per heavy atom. The highest BCUT2D eigenvalue weighted by Crippen LogP contribution is 2.16. The van der Waals surface area contributed by atoms with Crippen LogP contribution in [0.25, 0.3) is 0 Å². The first kappa shape index (κ1) is 18.4. The van der Waals surface area contributed by atoms with E-state index in [1.165, 1.54) is 30.3 Å². The Kier molecular flexibility index (Phi) is 5.85. The number of hydrogen-bond donors (Lipinski definition) is 1. The lowest BCUT2D eigenvalue weighted by Gasteiger charge is -2.04. The Morgan fingerprint density at radius 3 is 2.62 bits per heavy atom. The molecule has 0 spiro atoms. The quantitative estimate of drug-likeness (QED) is 0.681. The second-order valence-electron chi connectivity index (χ2n) is 5.52. The molecule has 3 aromatic rings. The Morgan fingerprint density at radius 1 is 1.12 bits per heavy atom. The van der Waals surface area contributed by atoms with Gasteiger partial charge in [0.05, 0.1) is 16.6 Å². The van der Waals surface area contributed by atoms with Crippen molar-refractivity contribution in [3.05, 3.63) is 88.6 Å². The number of halogens is 2. The number of hydrogen-bond acceptors (Lipinski definition) is 3.